The lowest BCUT2D eigenvalue weighted by Crippen LogP contribution is -2.05. The van der Waals surface area contributed by atoms with E-state index in [-0.39, 0.29) is 11.0 Å². The maximum atomic E-state index is 10.9. The predicted octanol–water partition coefficient (Wildman–Crippen LogP) is -0.594. The Balaban J connectivity index is 3.36. The largest absolute Gasteiger partial charge is 0.382 e. The summed E-state index contributed by atoms with van der Waals surface area (Å²) in [5, 5.41) is -0.00463. The molecule has 0 spiro atoms. The molecule has 1 heterocycles. The number of rotatable bonds is 1. The van der Waals surface area contributed by atoms with Crippen molar-refractivity contribution in [1.29, 1.82) is 0 Å². The van der Waals surface area contributed by atoms with E-state index >= 15 is 0 Å². The van der Waals surface area contributed by atoms with Gasteiger partial charge in [-0.2, -0.15) is 0 Å². The first-order valence-corrected chi connectivity index (χ1v) is 4.79. The van der Waals surface area contributed by atoms with Crippen molar-refractivity contribution in [3.05, 3.63) is 6.20 Å². The number of sulfone groups is 1. The lowest BCUT2D eigenvalue weighted by Gasteiger charge is -1.94. The third kappa shape index (κ3) is 1.51. The summed E-state index contributed by atoms with van der Waals surface area (Å²) >= 11 is 0. The Morgan fingerprint density at radius 3 is 2.36 bits per heavy atom. The second-order valence-corrected chi connectivity index (χ2v) is 4.24. The monoisotopic (exact) mass is 175 g/mol. The molecule has 0 aliphatic heterocycles. The summed E-state index contributed by atoms with van der Waals surface area (Å²) in [5.74, 6) is 0.216. The summed E-state index contributed by atoms with van der Waals surface area (Å²) in [6.07, 6.45) is 2.55. The minimum atomic E-state index is -3.24. The van der Waals surface area contributed by atoms with Crippen LogP contribution in [0.3, 0.4) is 0 Å². The summed E-state index contributed by atoms with van der Waals surface area (Å²) in [6, 6.07) is 0. The van der Waals surface area contributed by atoms with Crippen molar-refractivity contribution in [1.82, 2.24) is 9.55 Å². The molecule has 2 N–H and O–H groups in total. The molecule has 0 saturated heterocycles. The van der Waals surface area contributed by atoms with Gasteiger partial charge in [0.05, 0.1) is 0 Å². The molecular weight excluding hydrogens is 166 g/mol. The van der Waals surface area contributed by atoms with Gasteiger partial charge in [0, 0.05) is 19.5 Å². The van der Waals surface area contributed by atoms with E-state index < -0.39 is 9.84 Å². The van der Waals surface area contributed by atoms with Crippen LogP contribution in [-0.4, -0.2) is 24.2 Å². The number of imidazole rings is 1. The van der Waals surface area contributed by atoms with Gasteiger partial charge >= 0.3 is 0 Å². The van der Waals surface area contributed by atoms with Crippen molar-refractivity contribution < 1.29 is 8.42 Å². The first-order valence-electron chi connectivity index (χ1n) is 2.90. The quantitative estimate of drug-likeness (QED) is 0.618. The summed E-state index contributed by atoms with van der Waals surface area (Å²) < 4.78 is 23.2. The maximum absolute atomic E-state index is 10.9. The molecule has 0 aliphatic rings. The molecule has 0 unspecified atom stereocenters. The summed E-state index contributed by atoms with van der Waals surface area (Å²) in [7, 11) is -1.66. The van der Waals surface area contributed by atoms with Crippen molar-refractivity contribution in [2.24, 2.45) is 7.05 Å². The molecule has 1 aromatic rings. The second-order valence-electron chi connectivity index (χ2n) is 2.33. The molecule has 1 rings (SSSR count). The Hall–Kier alpha value is -1.04. The van der Waals surface area contributed by atoms with Gasteiger partial charge in [-0.25, -0.2) is 13.4 Å². The van der Waals surface area contributed by atoms with Crippen LogP contribution in [0.4, 0.5) is 5.82 Å². The Morgan fingerprint density at radius 2 is 2.18 bits per heavy atom. The Labute approximate surface area is 64.8 Å². The predicted molar refractivity (Wildman–Crippen MR) is 40.7 cm³/mol. The highest BCUT2D eigenvalue weighted by Crippen LogP contribution is 2.07. The first-order chi connectivity index (χ1) is 4.91. The first kappa shape index (κ1) is 8.06. The van der Waals surface area contributed by atoms with Gasteiger partial charge in [0.1, 0.15) is 5.82 Å². The number of aromatic nitrogens is 2. The zero-order valence-corrected chi connectivity index (χ0v) is 7.09. The van der Waals surface area contributed by atoms with Gasteiger partial charge in [0.25, 0.3) is 0 Å². The van der Waals surface area contributed by atoms with Crippen molar-refractivity contribution in [3.8, 4) is 0 Å². The second kappa shape index (κ2) is 2.23. The van der Waals surface area contributed by atoms with E-state index in [4.69, 9.17) is 5.73 Å². The fourth-order valence-electron chi connectivity index (χ4n) is 0.816. The maximum Gasteiger partial charge on any atom is 0.229 e. The highest BCUT2D eigenvalue weighted by Gasteiger charge is 2.13. The molecule has 0 saturated carbocycles. The van der Waals surface area contributed by atoms with Crippen molar-refractivity contribution >= 4 is 15.7 Å². The van der Waals surface area contributed by atoms with Crippen LogP contribution in [-0.2, 0) is 16.9 Å². The van der Waals surface area contributed by atoms with Gasteiger partial charge in [0.2, 0.25) is 15.0 Å². The number of aryl methyl sites for hydroxylation is 1. The van der Waals surface area contributed by atoms with Crippen LogP contribution in [0.15, 0.2) is 11.4 Å². The van der Waals surface area contributed by atoms with Crippen molar-refractivity contribution in [2.45, 2.75) is 5.16 Å². The van der Waals surface area contributed by atoms with Gasteiger partial charge in [-0.15, -0.1) is 0 Å². The molecule has 11 heavy (non-hydrogen) atoms. The SMILES string of the molecule is Cn1cc(N)nc1S(C)(=O)=O. The third-order valence-corrected chi connectivity index (χ3v) is 2.23. The number of hydrogen-bond acceptors (Lipinski definition) is 4. The molecule has 0 aliphatic carbocycles. The van der Waals surface area contributed by atoms with E-state index in [1.807, 2.05) is 0 Å². The van der Waals surface area contributed by atoms with Gasteiger partial charge < -0.3 is 10.3 Å². The number of nitrogens with zero attached hydrogens (tertiary/aromatic N) is 2. The van der Waals surface area contributed by atoms with Crippen LogP contribution in [0.5, 0.6) is 0 Å². The Morgan fingerprint density at radius 1 is 1.64 bits per heavy atom. The Bertz CT molecular complexity index is 365. The molecule has 62 valence electrons. The summed E-state index contributed by atoms with van der Waals surface area (Å²) in [6.45, 7) is 0. The molecule has 0 fully saturated rings. The molecule has 0 aromatic carbocycles. The topological polar surface area (TPSA) is 78.0 Å². The van der Waals surface area contributed by atoms with E-state index in [1.54, 1.807) is 7.05 Å². The zero-order chi connectivity index (χ0) is 8.65. The van der Waals surface area contributed by atoms with Crippen LogP contribution in [0.2, 0.25) is 0 Å². The molecular formula is C5H9N3O2S. The average Bonchev–Trinajstić information content (AvgIpc) is 2.08. The van der Waals surface area contributed by atoms with E-state index in [1.165, 1.54) is 10.8 Å². The highest BCUT2D eigenvalue weighted by atomic mass is 32.2. The highest BCUT2D eigenvalue weighted by molar-refractivity contribution is 7.90. The van der Waals surface area contributed by atoms with Gasteiger partial charge in [-0.05, 0) is 0 Å². The normalized spacial score (nSPS) is 11.8. The summed E-state index contributed by atoms with van der Waals surface area (Å²) in [5.41, 5.74) is 5.28. The van der Waals surface area contributed by atoms with Crippen molar-refractivity contribution in [2.75, 3.05) is 12.0 Å². The molecule has 5 nitrogen and oxygen atoms in total. The molecule has 0 atom stereocenters. The number of anilines is 1. The minimum Gasteiger partial charge on any atom is -0.382 e. The van der Waals surface area contributed by atoms with E-state index in [0.29, 0.717) is 0 Å². The van der Waals surface area contributed by atoms with Gasteiger partial charge in [-0.3, -0.25) is 0 Å². The van der Waals surface area contributed by atoms with Crippen LogP contribution in [0.1, 0.15) is 0 Å². The number of nitrogens with two attached hydrogens (primary N) is 1. The van der Waals surface area contributed by atoms with E-state index in [0.717, 1.165) is 6.26 Å². The fourth-order valence-corrected chi connectivity index (χ4v) is 1.66. The minimum absolute atomic E-state index is 0.00463. The summed E-state index contributed by atoms with van der Waals surface area (Å²) in [4.78, 5) is 3.63. The standard InChI is InChI=1S/C5H9N3O2S/c1-8-3-4(6)7-5(8)11(2,9)10/h3H,6H2,1-2H3. The Kier molecular flexibility index (Phi) is 1.63. The molecule has 0 amide bonds. The van der Waals surface area contributed by atoms with Gasteiger partial charge in [-0.1, -0.05) is 0 Å². The molecule has 0 radical (unpaired) electrons. The van der Waals surface area contributed by atoms with Crippen LogP contribution >= 0.6 is 0 Å². The van der Waals surface area contributed by atoms with E-state index in [9.17, 15) is 8.42 Å². The van der Waals surface area contributed by atoms with E-state index in [2.05, 4.69) is 4.98 Å². The molecule has 1 aromatic heterocycles. The fraction of sp³-hybridized carbons (Fsp3) is 0.400. The number of hydrogen-bond donors (Lipinski definition) is 1. The number of nitrogen functional groups attached to an aromatic ring is 1. The van der Waals surface area contributed by atoms with Gasteiger partial charge in [0.15, 0.2) is 0 Å². The molecule has 6 heteroatoms. The average molecular weight is 175 g/mol. The lowest BCUT2D eigenvalue weighted by molar-refractivity contribution is 0.585. The van der Waals surface area contributed by atoms with Crippen LogP contribution < -0.4 is 5.73 Å². The third-order valence-electron chi connectivity index (χ3n) is 1.18. The van der Waals surface area contributed by atoms with Crippen LogP contribution in [0.25, 0.3) is 0 Å². The smallest absolute Gasteiger partial charge is 0.229 e. The lowest BCUT2D eigenvalue weighted by atomic mass is 10.8. The zero-order valence-electron chi connectivity index (χ0n) is 6.27. The van der Waals surface area contributed by atoms with Crippen molar-refractivity contribution in [3.63, 3.8) is 0 Å². The molecule has 0 bridgehead atoms. The van der Waals surface area contributed by atoms with Crippen LogP contribution in [0, 0.1) is 0 Å².